The molecule has 1 aliphatic rings. The number of hydrogen-bond donors (Lipinski definition) is 1. The maximum Gasteiger partial charge on any atom is 0.166 e. The van der Waals surface area contributed by atoms with Gasteiger partial charge in [0.2, 0.25) is 0 Å². The number of aliphatic hydroxyl groups excluding tert-OH is 1. The Morgan fingerprint density at radius 3 is 2.88 bits per heavy atom. The molecule has 1 fully saturated rings. The number of rotatable bonds is 3. The monoisotopic (exact) mass is 288 g/mol. The van der Waals surface area contributed by atoms with Gasteiger partial charge < -0.3 is 10.0 Å². The van der Waals surface area contributed by atoms with Crippen molar-refractivity contribution in [2.75, 3.05) is 18.5 Å². The van der Waals surface area contributed by atoms with Crippen molar-refractivity contribution in [3.63, 3.8) is 0 Å². The van der Waals surface area contributed by atoms with E-state index in [-0.39, 0.29) is 11.9 Å². The van der Waals surface area contributed by atoms with Crippen molar-refractivity contribution in [1.29, 1.82) is 0 Å². The molecule has 3 nitrogen and oxygen atoms in total. The number of nitrogens with zero attached hydrogens (tertiary/aromatic N) is 2. The Kier molecular flexibility index (Phi) is 3.44. The lowest BCUT2D eigenvalue weighted by Gasteiger charge is -2.34. The van der Waals surface area contributed by atoms with Crippen LogP contribution in [0.1, 0.15) is 12.8 Å². The molecule has 1 saturated carbocycles. The molecule has 0 saturated heterocycles. The number of aliphatic hydroxyl groups is 1. The maximum atomic E-state index is 13.6. The molecule has 0 spiro atoms. The van der Waals surface area contributed by atoms with Crippen LogP contribution in [0.25, 0.3) is 0 Å². The third kappa shape index (κ3) is 2.52. The lowest BCUT2D eigenvalue weighted by molar-refractivity contribution is 0.0464. The Bertz CT molecular complexity index is 382. The third-order valence-electron chi connectivity index (χ3n) is 2.89. The van der Waals surface area contributed by atoms with Crippen LogP contribution in [0.3, 0.4) is 0 Å². The number of pyridine rings is 1. The molecule has 0 aliphatic heterocycles. The van der Waals surface area contributed by atoms with Gasteiger partial charge in [0.25, 0.3) is 0 Å². The summed E-state index contributed by atoms with van der Waals surface area (Å²) in [6, 6.07) is 1.41. The molecule has 2 rings (SSSR count). The van der Waals surface area contributed by atoms with Gasteiger partial charge in [0.15, 0.2) is 11.6 Å². The smallest absolute Gasteiger partial charge is 0.166 e. The van der Waals surface area contributed by atoms with Crippen molar-refractivity contribution in [2.45, 2.75) is 18.9 Å². The third-order valence-corrected chi connectivity index (χ3v) is 3.33. The number of halogens is 2. The molecule has 0 radical (unpaired) electrons. The van der Waals surface area contributed by atoms with Gasteiger partial charge in [-0.05, 0) is 40.8 Å². The molecule has 1 aliphatic carbocycles. The molecule has 0 amide bonds. The summed E-state index contributed by atoms with van der Waals surface area (Å²) < 4.78 is 14.2. The largest absolute Gasteiger partial charge is 0.393 e. The van der Waals surface area contributed by atoms with Crippen LogP contribution < -0.4 is 4.90 Å². The first kappa shape index (κ1) is 11.8. The van der Waals surface area contributed by atoms with Gasteiger partial charge in [-0.1, -0.05) is 0 Å². The molecule has 5 heteroatoms. The number of hydrogen-bond acceptors (Lipinski definition) is 3. The Hall–Kier alpha value is -0.680. The van der Waals surface area contributed by atoms with E-state index >= 15 is 0 Å². The van der Waals surface area contributed by atoms with E-state index in [4.69, 9.17) is 0 Å². The van der Waals surface area contributed by atoms with Crippen molar-refractivity contribution in [3.05, 3.63) is 22.6 Å². The average Bonchev–Trinajstić information content (AvgIpc) is 2.15. The lowest BCUT2D eigenvalue weighted by atomic mass is 9.82. The van der Waals surface area contributed by atoms with E-state index in [1.165, 1.54) is 6.07 Å². The van der Waals surface area contributed by atoms with Gasteiger partial charge >= 0.3 is 0 Å². The topological polar surface area (TPSA) is 36.4 Å². The molecule has 1 aromatic heterocycles. The van der Waals surface area contributed by atoms with E-state index in [1.54, 1.807) is 11.1 Å². The molecule has 1 heterocycles. The van der Waals surface area contributed by atoms with E-state index in [0.717, 1.165) is 19.4 Å². The van der Waals surface area contributed by atoms with E-state index in [0.29, 0.717) is 16.2 Å². The first-order valence-electron chi connectivity index (χ1n) is 5.26. The van der Waals surface area contributed by atoms with E-state index < -0.39 is 0 Å². The van der Waals surface area contributed by atoms with Crippen molar-refractivity contribution in [2.24, 2.45) is 5.92 Å². The minimum atomic E-state index is -0.322. The first-order chi connectivity index (χ1) is 7.56. The van der Waals surface area contributed by atoms with Gasteiger partial charge in [-0.25, -0.2) is 9.37 Å². The van der Waals surface area contributed by atoms with Crippen LogP contribution in [-0.4, -0.2) is 29.8 Å². The zero-order valence-corrected chi connectivity index (χ0v) is 10.6. The van der Waals surface area contributed by atoms with Gasteiger partial charge in [0.05, 0.1) is 6.10 Å². The van der Waals surface area contributed by atoms with Gasteiger partial charge in [-0.2, -0.15) is 0 Å². The fourth-order valence-electron chi connectivity index (χ4n) is 2.01. The predicted octanol–water partition coefficient (Wildman–Crippen LogP) is 2.19. The number of anilines is 1. The first-order valence-corrected chi connectivity index (χ1v) is 6.06. The Morgan fingerprint density at radius 1 is 1.62 bits per heavy atom. The summed E-state index contributed by atoms with van der Waals surface area (Å²) in [6.45, 7) is 0.739. The maximum absolute atomic E-state index is 13.6. The van der Waals surface area contributed by atoms with Crippen LogP contribution in [0.4, 0.5) is 10.2 Å². The van der Waals surface area contributed by atoms with E-state index in [2.05, 4.69) is 20.9 Å². The fourth-order valence-corrected chi connectivity index (χ4v) is 2.31. The molecule has 1 N–H and O–H groups in total. The summed E-state index contributed by atoms with van der Waals surface area (Å²) in [5.41, 5.74) is 0. The zero-order valence-electron chi connectivity index (χ0n) is 9.03. The second-order valence-electron chi connectivity index (χ2n) is 4.33. The highest BCUT2D eigenvalue weighted by Crippen LogP contribution is 2.29. The highest BCUT2D eigenvalue weighted by atomic mass is 79.9. The number of aromatic nitrogens is 1. The van der Waals surface area contributed by atoms with Gasteiger partial charge in [0.1, 0.15) is 0 Å². The van der Waals surface area contributed by atoms with E-state index in [1.807, 2.05) is 7.05 Å². The van der Waals surface area contributed by atoms with Gasteiger partial charge in [0, 0.05) is 24.3 Å². The van der Waals surface area contributed by atoms with Crippen LogP contribution in [0, 0.1) is 11.7 Å². The summed E-state index contributed by atoms with van der Waals surface area (Å²) in [5.74, 6) is 0.492. The van der Waals surface area contributed by atoms with Crippen LogP contribution in [0.2, 0.25) is 0 Å². The molecule has 1 aromatic rings. The van der Waals surface area contributed by atoms with Crippen molar-refractivity contribution in [3.8, 4) is 0 Å². The molecule has 0 aromatic carbocycles. The summed E-state index contributed by atoms with van der Waals surface area (Å²) in [6.07, 6.45) is 3.04. The molecular weight excluding hydrogens is 275 g/mol. The van der Waals surface area contributed by atoms with Crippen LogP contribution in [0.5, 0.6) is 0 Å². The Labute approximate surface area is 102 Å². The quantitative estimate of drug-likeness (QED) is 0.926. The molecule has 88 valence electrons. The van der Waals surface area contributed by atoms with Gasteiger partial charge in [-0.15, -0.1) is 0 Å². The highest BCUT2D eigenvalue weighted by molar-refractivity contribution is 9.10. The van der Waals surface area contributed by atoms with Gasteiger partial charge in [-0.3, -0.25) is 0 Å². The van der Waals surface area contributed by atoms with Crippen LogP contribution in [-0.2, 0) is 0 Å². The highest BCUT2D eigenvalue weighted by Gasteiger charge is 2.28. The van der Waals surface area contributed by atoms with Crippen LogP contribution in [0.15, 0.2) is 16.7 Å². The summed E-state index contributed by atoms with van der Waals surface area (Å²) >= 11 is 3.17. The standard InChI is InChI=1S/C11H14BrFN2O/c1-15(6-7-2-9(16)3-7)11-10(13)4-8(12)5-14-11/h4-5,7,9,16H,2-3,6H2,1H3. The van der Waals surface area contributed by atoms with E-state index in [9.17, 15) is 9.50 Å². The summed E-state index contributed by atoms with van der Waals surface area (Å²) in [5, 5.41) is 9.18. The van der Waals surface area contributed by atoms with Crippen molar-refractivity contribution in [1.82, 2.24) is 4.98 Å². The summed E-state index contributed by atoms with van der Waals surface area (Å²) in [7, 11) is 1.82. The normalized spacial score (nSPS) is 24.0. The second kappa shape index (κ2) is 4.67. The zero-order chi connectivity index (χ0) is 11.7. The molecule has 16 heavy (non-hydrogen) atoms. The molecule has 0 atom stereocenters. The molecule has 0 bridgehead atoms. The predicted molar refractivity (Wildman–Crippen MR) is 63.9 cm³/mol. The SMILES string of the molecule is CN(CC1CC(O)C1)c1ncc(Br)cc1F. The minimum absolute atomic E-state index is 0.166. The summed E-state index contributed by atoms with van der Waals surface area (Å²) in [4.78, 5) is 5.85. The minimum Gasteiger partial charge on any atom is -0.393 e. The Morgan fingerprint density at radius 2 is 2.31 bits per heavy atom. The molecular formula is C11H14BrFN2O. The van der Waals surface area contributed by atoms with Crippen molar-refractivity contribution >= 4 is 21.7 Å². The molecule has 0 unspecified atom stereocenters. The van der Waals surface area contributed by atoms with Crippen LogP contribution >= 0.6 is 15.9 Å². The fraction of sp³-hybridized carbons (Fsp3) is 0.545. The Balaban J connectivity index is 2.00. The van der Waals surface area contributed by atoms with Crippen molar-refractivity contribution < 1.29 is 9.50 Å². The average molecular weight is 289 g/mol. The second-order valence-corrected chi connectivity index (χ2v) is 5.25. The lowest BCUT2D eigenvalue weighted by Crippen LogP contribution is -2.37.